The van der Waals surface area contributed by atoms with Gasteiger partial charge in [0.1, 0.15) is 5.75 Å². The van der Waals surface area contributed by atoms with Crippen molar-refractivity contribution in [2.45, 2.75) is 31.2 Å². The van der Waals surface area contributed by atoms with Gasteiger partial charge in [0, 0.05) is 28.6 Å². The molecule has 5 nitrogen and oxygen atoms in total. The Kier molecular flexibility index (Phi) is 5.28. The van der Waals surface area contributed by atoms with Crippen molar-refractivity contribution in [3.8, 4) is 5.75 Å². The number of fused-ring (bicyclic) bond motifs is 1. The second-order valence-corrected chi connectivity index (χ2v) is 7.67. The molecule has 7 heteroatoms. The number of para-hydroxylation sites is 1. The molecule has 1 aliphatic carbocycles. The standard InChI is InChI=1S/C23H24F2N4O/c1-4-23(24,25)13-30-16-9-10-20(26-12-16)15(3)27-14(2)18-11-19(18)22-17-7-5-6-8-21(17)28-29-22/h4-10,12,15,18-19,27H,1-2,11,13H2,3H3,(H,28,29)/t15-,18?,19?/m1/s1. The third kappa shape index (κ3) is 4.20. The summed E-state index contributed by atoms with van der Waals surface area (Å²) in [5.74, 6) is -2.06. The number of nitrogens with zero attached hydrogens (tertiary/aromatic N) is 2. The highest BCUT2D eigenvalue weighted by Gasteiger charge is 2.42. The highest BCUT2D eigenvalue weighted by Crippen LogP contribution is 2.51. The molecule has 156 valence electrons. The van der Waals surface area contributed by atoms with E-state index in [1.807, 2.05) is 25.1 Å². The van der Waals surface area contributed by atoms with Crippen LogP contribution in [-0.4, -0.2) is 27.7 Å². The minimum atomic E-state index is -3.06. The van der Waals surface area contributed by atoms with Crippen molar-refractivity contribution in [3.05, 3.63) is 78.9 Å². The van der Waals surface area contributed by atoms with Crippen molar-refractivity contribution in [1.29, 1.82) is 0 Å². The molecule has 2 unspecified atom stereocenters. The quantitative estimate of drug-likeness (QED) is 0.480. The summed E-state index contributed by atoms with van der Waals surface area (Å²) < 4.78 is 31.5. The maximum Gasteiger partial charge on any atom is 0.299 e. The number of benzene rings is 1. The van der Waals surface area contributed by atoms with E-state index in [9.17, 15) is 8.78 Å². The van der Waals surface area contributed by atoms with Crippen LogP contribution in [0.2, 0.25) is 0 Å². The van der Waals surface area contributed by atoms with Crippen molar-refractivity contribution < 1.29 is 13.5 Å². The molecular weight excluding hydrogens is 386 g/mol. The molecule has 2 heterocycles. The molecule has 2 N–H and O–H groups in total. The lowest BCUT2D eigenvalue weighted by atomic mass is 10.1. The summed E-state index contributed by atoms with van der Waals surface area (Å²) in [6.45, 7) is 8.55. The Bertz CT molecular complexity index is 1060. The van der Waals surface area contributed by atoms with Crippen LogP contribution >= 0.6 is 0 Å². The predicted octanol–water partition coefficient (Wildman–Crippen LogP) is 5.13. The van der Waals surface area contributed by atoms with Gasteiger partial charge >= 0.3 is 0 Å². The number of ether oxygens (including phenoxy) is 1. The van der Waals surface area contributed by atoms with Crippen LogP contribution in [0.4, 0.5) is 8.78 Å². The summed E-state index contributed by atoms with van der Waals surface area (Å²) in [7, 11) is 0. The van der Waals surface area contributed by atoms with E-state index in [0.717, 1.165) is 34.4 Å². The number of H-pyrrole nitrogens is 1. The van der Waals surface area contributed by atoms with Crippen LogP contribution < -0.4 is 10.1 Å². The fraction of sp³-hybridized carbons (Fsp3) is 0.304. The average molecular weight is 410 g/mol. The van der Waals surface area contributed by atoms with Crippen molar-refractivity contribution >= 4 is 10.9 Å². The molecule has 30 heavy (non-hydrogen) atoms. The van der Waals surface area contributed by atoms with Crippen molar-refractivity contribution in [3.63, 3.8) is 0 Å². The summed E-state index contributed by atoms with van der Waals surface area (Å²) in [4.78, 5) is 4.33. The molecule has 0 aliphatic heterocycles. The Hall–Kier alpha value is -3.22. The zero-order chi connectivity index (χ0) is 21.3. The number of rotatable bonds is 9. The number of hydrogen-bond donors (Lipinski definition) is 2. The number of aromatic amines is 1. The number of hydrogen-bond acceptors (Lipinski definition) is 4. The first-order valence-corrected chi connectivity index (χ1v) is 9.86. The minimum absolute atomic E-state index is 0.0686. The molecular formula is C23H24F2N4O. The number of aromatic nitrogens is 3. The first-order valence-electron chi connectivity index (χ1n) is 9.86. The highest BCUT2D eigenvalue weighted by atomic mass is 19.3. The van der Waals surface area contributed by atoms with Crippen LogP contribution in [0.5, 0.6) is 5.75 Å². The van der Waals surface area contributed by atoms with E-state index in [4.69, 9.17) is 4.74 Å². The summed E-state index contributed by atoms with van der Waals surface area (Å²) >= 11 is 0. The molecule has 0 spiro atoms. The number of alkyl halides is 2. The molecule has 4 rings (SSSR count). The van der Waals surface area contributed by atoms with Gasteiger partial charge < -0.3 is 10.1 Å². The second-order valence-electron chi connectivity index (χ2n) is 7.67. The molecule has 1 aromatic carbocycles. The molecule has 3 aromatic rings. The summed E-state index contributed by atoms with van der Waals surface area (Å²) in [5.41, 5.74) is 3.87. The lowest BCUT2D eigenvalue weighted by Gasteiger charge is -2.18. The zero-order valence-electron chi connectivity index (χ0n) is 16.7. The van der Waals surface area contributed by atoms with Crippen molar-refractivity contribution in [2.75, 3.05) is 6.61 Å². The second kappa shape index (κ2) is 7.89. The lowest BCUT2D eigenvalue weighted by molar-refractivity contribution is 0.00533. The van der Waals surface area contributed by atoms with Crippen LogP contribution in [0.25, 0.3) is 10.9 Å². The fourth-order valence-corrected chi connectivity index (χ4v) is 3.59. The Morgan fingerprint density at radius 3 is 2.90 bits per heavy atom. The van der Waals surface area contributed by atoms with E-state index in [0.29, 0.717) is 23.7 Å². The maximum absolute atomic E-state index is 13.2. The van der Waals surface area contributed by atoms with Gasteiger partial charge in [-0.1, -0.05) is 31.4 Å². The van der Waals surface area contributed by atoms with Gasteiger partial charge in [-0.15, -0.1) is 0 Å². The van der Waals surface area contributed by atoms with E-state index < -0.39 is 12.5 Å². The largest absolute Gasteiger partial charge is 0.485 e. The Morgan fingerprint density at radius 2 is 2.17 bits per heavy atom. The SMILES string of the molecule is C=CC(F)(F)COc1ccc([C@@H](C)NC(=C)C2CC2c2[nH]nc3ccccc23)nc1. The van der Waals surface area contributed by atoms with E-state index in [-0.39, 0.29) is 6.04 Å². The number of pyridine rings is 1. The summed E-state index contributed by atoms with van der Waals surface area (Å²) in [5, 5.41) is 12.1. The smallest absolute Gasteiger partial charge is 0.299 e. The average Bonchev–Trinajstić information content (AvgIpc) is 3.44. The van der Waals surface area contributed by atoms with Crippen LogP contribution in [0.3, 0.4) is 0 Å². The predicted molar refractivity (Wildman–Crippen MR) is 113 cm³/mol. The van der Waals surface area contributed by atoms with Gasteiger partial charge in [0.25, 0.3) is 5.92 Å². The third-order valence-electron chi connectivity index (χ3n) is 5.43. The van der Waals surface area contributed by atoms with E-state index in [1.54, 1.807) is 12.1 Å². The van der Waals surface area contributed by atoms with Gasteiger partial charge in [0.05, 0.1) is 23.4 Å². The normalized spacial score (nSPS) is 19.3. The van der Waals surface area contributed by atoms with Crippen molar-refractivity contribution in [2.24, 2.45) is 5.92 Å². The Morgan fingerprint density at radius 1 is 1.37 bits per heavy atom. The van der Waals surface area contributed by atoms with Gasteiger partial charge in [-0.05, 0) is 37.6 Å². The van der Waals surface area contributed by atoms with Crippen molar-refractivity contribution in [1.82, 2.24) is 20.5 Å². The fourth-order valence-electron chi connectivity index (χ4n) is 3.59. The molecule has 0 radical (unpaired) electrons. The molecule has 0 bridgehead atoms. The van der Waals surface area contributed by atoms with E-state index >= 15 is 0 Å². The molecule has 0 amide bonds. The van der Waals surface area contributed by atoms with E-state index in [2.05, 4.69) is 39.7 Å². The highest BCUT2D eigenvalue weighted by molar-refractivity contribution is 5.82. The van der Waals surface area contributed by atoms with Gasteiger partial charge in [-0.2, -0.15) is 13.9 Å². The van der Waals surface area contributed by atoms with Gasteiger partial charge in [0.15, 0.2) is 6.61 Å². The Labute approximate surface area is 173 Å². The van der Waals surface area contributed by atoms with Crippen LogP contribution in [0.15, 0.2) is 67.5 Å². The van der Waals surface area contributed by atoms with Crippen LogP contribution in [0.1, 0.15) is 36.7 Å². The van der Waals surface area contributed by atoms with Gasteiger partial charge in [-0.3, -0.25) is 10.1 Å². The lowest BCUT2D eigenvalue weighted by Crippen LogP contribution is -2.22. The first kappa shape index (κ1) is 20.1. The molecule has 2 aromatic heterocycles. The van der Waals surface area contributed by atoms with Gasteiger partial charge in [-0.25, -0.2) is 0 Å². The van der Waals surface area contributed by atoms with E-state index in [1.165, 1.54) is 6.20 Å². The minimum Gasteiger partial charge on any atom is -0.485 e. The maximum atomic E-state index is 13.2. The topological polar surface area (TPSA) is 62.8 Å². The summed E-state index contributed by atoms with van der Waals surface area (Å²) in [6.07, 6.45) is 3.04. The molecule has 3 atom stereocenters. The molecule has 1 fully saturated rings. The van der Waals surface area contributed by atoms with Crippen LogP contribution in [0, 0.1) is 5.92 Å². The third-order valence-corrected chi connectivity index (χ3v) is 5.43. The molecule has 1 aliphatic rings. The first-order chi connectivity index (χ1) is 14.4. The number of halogens is 2. The Balaban J connectivity index is 1.33. The number of nitrogens with one attached hydrogen (secondary N) is 2. The van der Waals surface area contributed by atoms with Gasteiger partial charge in [0.2, 0.25) is 0 Å². The molecule has 1 saturated carbocycles. The molecule has 0 saturated heterocycles. The summed E-state index contributed by atoms with van der Waals surface area (Å²) in [6, 6.07) is 11.4. The monoisotopic (exact) mass is 410 g/mol. The zero-order valence-corrected chi connectivity index (χ0v) is 16.7. The number of allylic oxidation sites excluding steroid dienone is 1. The van der Waals surface area contributed by atoms with Crippen LogP contribution in [-0.2, 0) is 0 Å².